The third-order valence-electron chi connectivity index (χ3n) is 3.20. The summed E-state index contributed by atoms with van der Waals surface area (Å²) in [6, 6.07) is -1.24. The highest BCUT2D eigenvalue weighted by Gasteiger charge is 2.53. The van der Waals surface area contributed by atoms with Crippen LogP contribution in [0.4, 0.5) is 4.79 Å². The van der Waals surface area contributed by atoms with Crippen LogP contribution in [0.25, 0.3) is 0 Å². The summed E-state index contributed by atoms with van der Waals surface area (Å²) >= 11 is 0. The zero-order valence-electron chi connectivity index (χ0n) is 9.21. The monoisotopic (exact) mass is 246 g/mol. The number of imide groups is 1. The molecule has 0 aromatic rings. The molecule has 0 N–H and O–H groups in total. The smallest absolute Gasteiger partial charge is 0.321 e. The molecule has 0 saturated carbocycles. The van der Waals surface area contributed by atoms with Crippen molar-refractivity contribution in [3.63, 3.8) is 0 Å². The minimum atomic E-state index is -3.12. The van der Waals surface area contributed by atoms with E-state index in [0.29, 0.717) is 0 Å². The first-order chi connectivity index (χ1) is 7.37. The van der Waals surface area contributed by atoms with Crippen LogP contribution >= 0.6 is 0 Å². The molecule has 3 amide bonds. The number of carbonyl (C=O) groups excluding carboxylic acids is 2. The molecule has 2 fully saturated rings. The molecule has 0 radical (unpaired) electrons. The Morgan fingerprint density at radius 2 is 1.94 bits per heavy atom. The highest BCUT2D eigenvalue weighted by atomic mass is 32.2. The van der Waals surface area contributed by atoms with Gasteiger partial charge in [0.2, 0.25) is 5.91 Å². The molecule has 0 spiro atoms. The number of rotatable bonds is 1. The summed E-state index contributed by atoms with van der Waals surface area (Å²) in [5.74, 6) is -0.436. The van der Waals surface area contributed by atoms with Crippen molar-refractivity contribution in [2.75, 3.05) is 18.6 Å². The summed E-state index contributed by atoms with van der Waals surface area (Å²) in [5.41, 5.74) is 0. The van der Waals surface area contributed by atoms with Gasteiger partial charge in [0.1, 0.15) is 0 Å². The Hall–Kier alpha value is -1.11. The second-order valence-electron chi connectivity index (χ2n) is 4.22. The summed E-state index contributed by atoms with van der Waals surface area (Å²) in [6.07, 6.45) is 0.211. The Kier molecular flexibility index (Phi) is 2.45. The van der Waals surface area contributed by atoms with Gasteiger partial charge in [0.05, 0.1) is 23.6 Å². The molecular weight excluding hydrogens is 232 g/mol. The van der Waals surface area contributed by atoms with Gasteiger partial charge in [-0.1, -0.05) is 6.92 Å². The van der Waals surface area contributed by atoms with Gasteiger partial charge < -0.3 is 4.90 Å². The van der Waals surface area contributed by atoms with Gasteiger partial charge in [0.15, 0.2) is 9.84 Å². The second-order valence-corrected chi connectivity index (χ2v) is 6.38. The molecule has 16 heavy (non-hydrogen) atoms. The number of likely N-dealkylation sites (N-methyl/N-ethyl adjacent to an activating group) is 1. The number of hydrogen-bond acceptors (Lipinski definition) is 4. The van der Waals surface area contributed by atoms with Gasteiger partial charge >= 0.3 is 6.03 Å². The zero-order chi connectivity index (χ0) is 12.1. The maximum absolute atomic E-state index is 11.8. The Bertz CT molecular complexity index is 444. The van der Waals surface area contributed by atoms with Crippen LogP contribution in [-0.2, 0) is 14.6 Å². The molecule has 2 saturated heterocycles. The lowest BCUT2D eigenvalue weighted by atomic mass is 10.1. The van der Waals surface area contributed by atoms with Crippen molar-refractivity contribution in [3.05, 3.63) is 0 Å². The van der Waals surface area contributed by atoms with Crippen molar-refractivity contribution in [2.45, 2.75) is 25.4 Å². The van der Waals surface area contributed by atoms with Crippen LogP contribution in [0.3, 0.4) is 0 Å². The van der Waals surface area contributed by atoms with E-state index in [0.717, 1.165) is 4.90 Å². The number of nitrogens with zero attached hydrogens (tertiary/aromatic N) is 2. The third-order valence-corrected chi connectivity index (χ3v) is 4.90. The minimum absolute atomic E-state index is 0.0343. The maximum atomic E-state index is 11.8. The maximum Gasteiger partial charge on any atom is 0.327 e. The summed E-state index contributed by atoms with van der Waals surface area (Å²) < 4.78 is 23.0. The Balaban J connectivity index is 2.34. The molecule has 0 aromatic carbocycles. The van der Waals surface area contributed by atoms with E-state index in [1.54, 1.807) is 14.0 Å². The van der Waals surface area contributed by atoms with Gasteiger partial charge in [-0.2, -0.15) is 0 Å². The van der Waals surface area contributed by atoms with Crippen LogP contribution in [0.1, 0.15) is 13.3 Å². The molecule has 0 aromatic heterocycles. The Morgan fingerprint density at radius 1 is 1.38 bits per heavy atom. The van der Waals surface area contributed by atoms with Crippen molar-refractivity contribution in [3.8, 4) is 0 Å². The molecule has 0 unspecified atom stereocenters. The lowest BCUT2D eigenvalue weighted by molar-refractivity contribution is -0.128. The molecule has 2 rings (SSSR count). The van der Waals surface area contributed by atoms with Crippen LogP contribution in [0.2, 0.25) is 0 Å². The van der Waals surface area contributed by atoms with Crippen molar-refractivity contribution >= 4 is 21.8 Å². The first kappa shape index (κ1) is 11.4. The molecule has 2 aliphatic rings. The number of urea groups is 1. The molecule has 2 aliphatic heterocycles. The normalized spacial score (nSPS) is 32.0. The SMILES string of the molecule is CCC(=O)N1C(=O)N(C)[C@@H]2CS(=O)(=O)C[C@H]21. The Morgan fingerprint density at radius 3 is 2.50 bits per heavy atom. The average molecular weight is 246 g/mol. The first-order valence-electron chi connectivity index (χ1n) is 5.16. The van der Waals surface area contributed by atoms with Gasteiger partial charge in [-0.15, -0.1) is 0 Å². The molecule has 2 atom stereocenters. The van der Waals surface area contributed by atoms with Crippen LogP contribution in [0.5, 0.6) is 0 Å². The van der Waals surface area contributed by atoms with Gasteiger partial charge in [0, 0.05) is 13.5 Å². The summed E-state index contributed by atoms with van der Waals surface area (Å²) in [6.45, 7) is 1.66. The molecule has 0 bridgehead atoms. The Labute approximate surface area is 94.1 Å². The fourth-order valence-corrected chi connectivity index (χ4v) is 4.34. The first-order valence-corrected chi connectivity index (χ1v) is 6.99. The van der Waals surface area contributed by atoms with Gasteiger partial charge in [0.25, 0.3) is 0 Å². The van der Waals surface area contributed by atoms with Crippen molar-refractivity contribution in [2.24, 2.45) is 0 Å². The molecule has 7 heteroatoms. The number of amides is 3. The van der Waals surface area contributed by atoms with E-state index in [1.807, 2.05) is 0 Å². The molecule has 90 valence electrons. The highest BCUT2D eigenvalue weighted by Crippen LogP contribution is 2.30. The standard InChI is InChI=1S/C9H14N2O4S/c1-3-8(12)11-7-5-16(14,15)4-6(7)10(2)9(11)13/h6-7H,3-5H2,1-2H3/t6-,7-/m1/s1. The number of fused-ring (bicyclic) bond motifs is 1. The molecule has 6 nitrogen and oxygen atoms in total. The van der Waals surface area contributed by atoms with E-state index in [4.69, 9.17) is 0 Å². The topological polar surface area (TPSA) is 74.8 Å². The van der Waals surface area contributed by atoms with Crippen LogP contribution in [0, 0.1) is 0 Å². The second kappa shape index (κ2) is 3.44. The summed E-state index contributed by atoms with van der Waals surface area (Å²) in [7, 11) is -1.58. The van der Waals surface area contributed by atoms with E-state index in [-0.39, 0.29) is 35.9 Å². The van der Waals surface area contributed by atoms with E-state index < -0.39 is 15.9 Å². The van der Waals surface area contributed by atoms with E-state index >= 15 is 0 Å². The highest BCUT2D eigenvalue weighted by molar-refractivity contribution is 7.91. The number of carbonyl (C=O) groups is 2. The number of sulfone groups is 1. The van der Waals surface area contributed by atoms with Gasteiger partial charge in [-0.05, 0) is 0 Å². The lowest BCUT2D eigenvalue weighted by Crippen LogP contribution is -2.41. The largest absolute Gasteiger partial charge is 0.327 e. The van der Waals surface area contributed by atoms with Gasteiger partial charge in [-0.25, -0.2) is 13.2 Å². The summed E-state index contributed by atoms with van der Waals surface area (Å²) in [4.78, 5) is 25.8. The molecule has 2 heterocycles. The fourth-order valence-electron chi connectivity index (χ4n) is 2.34. The third kappa shape index (κ3) is 1.50. The summed E-state index contributed by atoms with van der Waals surface area (Å²) in [5, 5.41) is 0. The predicted octanol–water partition coefficient (Wildman–Crippen LogP) is -0.544. The van der Waals surface area contributed by atoms with E-state index in [1.165, 1.54) is 4.90 Å². The van der Waals surface area contributed by atoms with E-state index in [9.17, 15) is 18.0 Å². The van der Waals surface area contributed by atoms with Crippen LogP contribution < -0.4 is 0 Å². The zero-order valence-corrected chi connectivity index (χ0v) is 10.0. The van der Waals surface area contributed by atoms with Crippen molar-refractivity contribution in [1.29, 1.82) is 0 Å². The van der Waals surface area contributed by atoms with Gasteiger partial charge in [-0.3, -0.25) is 9.69 Å². The van der Waals surface area contributed by atoms with Crippen LogP contribution in [0.15, 0.2) is 0 Å². The minimum Gasteiger partial charge on any atom is -0.321 e. The van der Waals surface area contributed by atoms with Crippen molar-refractivity contribution < 1.29 is 18.0 Å². The fraction of sp³-hybridized carbons (Fsp3) is 0.778. The van der Waals surface area contributed by atoms with Crippen LogP contribution in [-0.4, -0.2) is 60.8 Å². The van der Waals surface area contributed by atoms with E-state index in [2.05, 4.69) is 0 Å². The number of hydrogen-bond donors (Lipinski definition) is 0. The average Bonchev–Trinajstić information content (AvgIpc) is 2.61. The quantitative estimate of drug-likeness (QED) is 0.582. The molecule has 0 aliphatic carbocycles. The predicted molar refractivity (Wildman–Crippen MR) is 56.5 cm³/mol. The molecular formula is C9H14N2O4S. The van der Waals surface area contributed by atoms with Crippen molar-refractivity contribution in [1.82, 2.24) is 9.80 Å². The lowest BCUT2D eigenvalue weighted by Gasteiger charge is -2.18.